The van der Waals surface area contributed by atoms with Crippen LogP contribution in [-0.4, -0.2) is 32.2 Å². The minimum absolute atomic E-state index is 0.117. The molecule has 0 heterocycles. The lowest BCUT2D eigenvalue weighted by Gasteiger charge is -2.26. The molecule has 0 aliphatic heterocycles. The molecule has 0 spiro atoms. The van der Waals surface area contributed by atoms with E-state index >= 15 is 0 Å². The van der Waals surface area contributed by atoms with Gasteiger partial charge in [-0.1, -0.05) is 32.6 Å². The average Bonchev–Trinajstić information content (AvgIpc) is 2.50. The maximum Gasteiger partial charge on any atom is 0.277 e. The van der Waals surface area contributed by atoms with E-state index in [1.54, 1.807) is 0 Å². The Morgan fingerprint density at radius 1 is 1.12 bits per heavy atom. The summed E-state index contributed by atoms with van der Waals surface area (Å²) in [6.07, 6.45) is 6.32. The van der Waals surface area contributed by atoms with Crippen LogP contribution in [0.3, 0.4) is 0 Å². The zero-order valence-electron chi connectivity index (χ0n) is 10.5. The van der Waals surface area contributed by atoms with Gasteiger partial charge in [-0.25, -0.2) is 4.72 Å². The molecule has 102 valence electrons. The molecule has 0 saturated heterocycles. The van der Waals surface area contributed by atoms with Crippen LogP contribution in [0.5, 0.6) is 0 Å². The summed E-state index contributed by atoms with van der Waals surface area (Å²) in [6.45, 7) is 2.45. The van der Waals surface area contributed by atoms with Gasteiger partial charge >= 0.3 is 0 Å². The van der Waals surface area contributed by atoms with Crippen molar-refractivity contribution in [1.82, 2.24) is 9.44 Å². The van der Waals surface area contributed by atoms with Gasteiger partial charge in [0.25, 0.3) is 10.2 Å². The van der Waals surface area contributed by atoms with E-state index in [0.717, 1.165) is 32.1 Å². The second-order valence-electron chi connectivity index (χ2n) is 4.86. The highest BCUT2D eigenvalue weighted by Crippen LogP contribution is 2.26. The van der Waals surface area contributed by atoms with Crippen LogP contribution in [-0.2, 0) is 10.2 Å². The van der Waals surface area contributed by atoms with Gasteiger partial charge < -0.3 is 5.11 Å². The molecule has 0 aromatic carbocycles. The van der Waals surface area contributed by atoms with E-state index in [1.165, 1.54) is 0 Å². The fourth-order valence-corrected chi connectivity index (χ4v) is 3.11. The van der Waals surface area contributed by atoms with Crippen LogP contribution in [0.1, 0.15) is 51.9 Å². The van der Waals surface area contributed by atoms with Crippen molar-refractivity contribution in [2.45, 2.75) is 57.5 Å². The monoisotopic (exact) mass is 264 g/mol. The fourth-order valence-electron chi connectivity index (χ4n) is 2.08. The van der Waals surface area contributed by atoms with Crippen LogP contribution in [0, 0.1) is 0 Å². The molecular weight excluding hydrogens is 240 g/mol. The molecule has 1 aliphatic carbocycles. The quantitative estimate of drug-likeness (QED) is 0.624. The molecule has 1 saturated carbocycles. The van der Waals surface area contributed by atoms with Gasteiger partial charge in [0.1, 0.15) is 0 Å². The molecule has 6 heteroatoms. The van der Waals surface area contributed by atoms with Crippen molar-refractivity contribution in [2.24, 2.45) is 0 Å². The van der Waals surface area contributed by atoms with E-state index in [0.29, 0.717) is 19.4 Å². The SMILES string of the molecule is CCCNS(=O)(=O)NCC1(O)CCCCCC1. The predicted molar refractivity (Wildman–Crippen MR) is 67.9 cm³/mol. The van der Waals surface area contributed by atoms with E-state index in [1.807, 2.05) is 6.92 Å². The molecule has 17 heavy (non-hydrogen) atoms. The predicted octanol–water partition coefficient (Wildman–Crippen LogP) is 0.906. The maximum atomic E-state index is 11.5. The van der Waals surface area contributed by atoms with Gasteiger partial charge in [-0.3, -0.25) is 0 Å². The first kappa shape index (κ1) is 14.9. The lowest BCUT2D eigenvalue weighted by atomic mass is 9.95. The van der Waals surface area contributed by atoms with Crippen LogP contribution in [0.4, 0.5) is 0 Å². The molecule has 1 aliphatic rings. The van der Waals surface area contributed by atoms with Gasteiger partial charge in [0.15, 0.2) is 0 Å². The summed E-state index contributed by atoms with van der Waals surface area (Å²) in [5, 5.41) is 10.3. The summed E-state index contributed by atoms with van der Waals surface area (Å²) in [6, 6.07) is 0. The lowest BCUT2D eigenvalue weighted by Crippen LogP contribution is -2.46. The van der Waals surface area contributed by atoms with Crippen molar-refractivity contribution in [3.8, 4) is 0 Å². The van der Waals surface area contributed by atoms with E-state index in [-0.39, 0.29) is 6.54 Å². The zero-order valence-corrected chi connectivity index (χ0v) is 11.4. The largest absolute Gasteiger partial charge is 0.389 e. The van der Waals surface area contributed by atoms with Crippen molar-refractivity contribution < 1.29 is 13.5 Å². The number of hydrogen-bond donors (Lipinski definition) is 3. The normalized spacial score (nSPS) is 21.1. The van der Waals surface area contributed by atoms with Crippen molar-refractivity contribution in [2.75, 3.05) is 13.1 Å². The Labute approximate surface area is 104 Å². The highest BCUT2D eigenvalue weighted by Gasteiger charge is 2.29. The molecular formula is C11H24N2O3S. The van der Waals surface area contributed by atoms with E-state index in [4.69, 9.17) is 0 Å². The summed E-state index contributed by atoms with van der Waals surface area (Å²) >= 11 is 0. The third kappa shape index (κ3) is 5.81. The van der Waals surface area contributed by atoms with Gasteiger partial charge in [0.05, 0.1) is 5.60 Å². The molecule has 0 unspecified atom stereocenters. The molecule has 0 aromatic rings. The zero-order chi connectivity index (χ0) is 12.8. The third-order valence-corrected chi connectivity index (χ3v) is 4.28. The molecule has 3 N–H and O–H groups in total. The second kappa shape index (κ2) is 6.68. The molecule has 0 aromatic heterocycles. The average molecular weight is 264 g/mol. The Morgan fingerprint density at radius 3 is 2.24 bits per heavy atom. The Morgan fingerprint density at radius 2 is 1.71 bits per heavy atom. The minimum Gasteiger partial charge on any atom is -0.389 e. The standard InChI is InChI=1S/C11H24N2O3S/c1-2-9-12-17(15,16)13-10-11(14)7-5-3-4-6-8-11/h12-14H,2-10H2,1H3. The third-order valence-electron chi connectivity index (χ3n) is 3.17. The lowest BCUT2D eigenvalue weighted by molar-refractivity contribution is 0.0302. The van der Waals surface area contributed by atoms with E-state index in [2.05, 4.69) is 9.44 Å². The molecule has 0 amide bonds. The Kier molecular flexibility index (Phi) is 5.85. The van der Waals surface area contributed by atoms with Crippen molar-refractivity contribution in [1.29, 1.82) is 0 Å². The topological polar surface area (TPSA) is 78.4 Å². The summed E-state index contributed by atoms with van der Waals surface area (Å²) < 4.78 is 27.9. The molecule has 1 fully saturated rings. The first-order valence-electron chi connectivity index (χ1n) is 6.44. The Hall–Kier alpha value is -0.170. The summed E-state index contributed by atoms with van der Waals surface area (Å²) in [5.41, 5.74) is -0.864. The number of rotatable bonds is 6. The van der Waals surface area contributed by atoms with Crippen molar-refractivity contribution in [3.63, 3.8) is 0 Å². The van der Waals surface area contributed by atoms with Crippen molar-refractivity contribution >= 4 is 10.2 Å². The molecule has 0 bridgehead atoms. The maximum absolute atomic E-state index is 11.5. The summed E-state index contributed by atoms with van der Waals surface area (Å²) in [4.78, 5) is 0. The fraction of sp³-hybridized carbons (Fsp3) is 1.00. The summed E-state index contributed by atoms with van der Waals surface area (Å²) in [5.74, 6) is 0. The second-order valence-corrected chi connectivity index (χ2v) is 6.44. The van der Waals surface area contributed by atoms with E-state index < -0.39 is 15.8 Å². The van der Waals surface area contributed by atoms with Crippen LogP contribution in [0.25, 0.3) is 0 Å². The van der Waals surface area contributed by atoms with Crippen LogP contribution < -0.4 is 9.44 Å². The minimum atomic E-state index is -3.45. The molecule has 5 nitrogen and oxygen atoms in total. The van der Waals surface area contributed by atoms with Gasteiger partial charge in [0, 0.05) is 13.1 Å². The Balaban J connectivity index is 2.42. The smallest absolute Gasteiger partial charge is 0.277 e. The first-order valence-corrected chi connectivity index (χ1v) is 7.92. The van der Waals surface area contributed by atoms with Crippen LogP contribution in [0.2, 0.25) is 0 Å². The molecule has 0 radical (unpaired) electrons. The molecule has 1 rings (SSSR count). The highest BCUT2D eigenvalue weighted by molar-refractivity contribution is 7.87. The number of hydrogen-bond acceptors (Lipinski definition) is 3. The highest BCUT2D eigenvalue weighted by atomic mass is 32.2. The van der Waals surface area contributed by atoms with Crippen LogP contribution in [0.15, 0.2) is 0 Å². The van der Waals surface area contributed by atoms with Gasteiger partial charge in [-0.05, 0) is 19.3 Å². The van der Waals surface area contributed by atoms with Gasteiger partial charge in [-0.15, -0.1) is 0 Å². The van der Waals surface area contributed by atoms with Crippen molar-refractivity contribution in [3.05, 3.63) is 0 Å². The number of aliphatic hydroxyl groups is 1. The van der Waals surface area contributed by atoms with E-state index in [9.17, 15) is 13.5 Å². The summed E-state index contributed by atoms with van der Waals surface area (Å²) in [7, 11) is -3.45. The van der Waals surface area contributed by atoms with Gasteiger partial charge in [0.2, 0.25) is 0 Å². The Bertz CT molecular complexity index is 309. The number of nitrogens with one attached hydrogen (secondary N) is 2. The van der Waals surface area contributed by atoms with Gasteiger partial charge in [-0.2, -0.15) is 13.1 Å². The van der Waals surface area contributed by atoms with Crippen LogP contribution >= 0.6 is 0 Å². The molecule has 0 atom stereocenters. The first-order chi connectivity index (χ1) is 7.97.